The normalized spacial score (nSPS) is 22.5. The molecule has 5 heteroatoms. The molecule has 0 amide bonds. The van der Waals surface area contributed by atoms with Crippen LogP contribution in [0.25, 0.3) is 0 Å². The Morgan fingerprint density at radius 1 is 1.40 bits per heavy atom. The fourth-order valence-corrected chi connectivity index (χ4v) is 2.29. The SMILES string of the molecule is CN[C@@H](C(=O)OC)c1ccc(C2COC(C)(C)O2)cc1. The van der Waals surface area contributed by atoms with Gasteiger partial charge in [0.1, 0.15) is 12.1 Å². The molecule has 1 aromatic rings. The van der Waals surface area contributed by atoms with E-state index in [0.29, 0.717) is 6.61 Å². The first-order valence-electron chi connectivity index (χ1n) is 6.63. The molecule has 1 saturated heterocycles. The van der Waals surface area contributed by atoms with Crippen LogP contribution in [-0.2, 0) is 19.0 Å². The van der Waals surface area contributed by atoms with Gasteiger partial charge in [-0.05, 0) is 32.0 Å². The number of methoxy groups -OCH3 is 1. The van der Waals surface area contributed by atoms with E-state index < -0.39 is 11.8 Å². The summed E-state index contributed by atoms with van der Waals surface area (Å²) in [4.78, 5) is 11.6. The maximum atomic E-state index is 11.6. The second-order valence-corrected chi connectivity index (χ2v) is 5.23. The zero-order chi connectivity index (χ0) is 14.8. The predicted octanol–water partition coefficient (Wildman–Crippen LogP) is 1.94. The summed E-state index contributed by atoms with van der Waals surface area (Å²) in [6.45, 7) is 4.34. The highest BCUT2D eigenvalue weighted by Gasteiger charge is 2.33. The highest BCUT2D eigenvalue weighted by Crippen LogP contribution is 2.33. The third-order valence-corrected chi connectivity index (χ3v) is 3.38. The average Bonchev–Trinajstić information content (AvgIpc) is 2.80. The van der Waals surface area contributed by atoms with Crippen LogP contribution in [0, 0.1) is 0 Å². The van der Waals surface area contributed by atoms with Crippen molar-refractivity contribution in [2.75, 3.05) is 20.8 Å². The minimum absolute atomic E-state index is 0.0646. The third kappa shape index (κ3) is 3.17. The van der Waals surface area contributed by atoms with Crippen molar-refractivity contribution in [2.45, 2.75) is 31.8 Å². The topological polar surface area (TPSA) is 56.8 Å². The molecule has 2 atom stereocenters. The van der Waals surface area contributed by atoms with Crippen LogP contribution < -0.4 is 5.32 Å². The third-order valence-electron chi connectivity index (χ3n) is 3.38. The van der Waals surface area contributed by atoms with Gasteiger partial charge in [-0.25, -0.2) is 4.79 Å². The fourth-order valence-electron chi connectivity index (χ4n) is 2.29. The number of nitrogens with one attached hydrogen (secondary N) is 1. The smallest absolute Gasteiger partial charge is 0.327 e. The Morgan fingerprint density at radius 3 is 2.50 bits per heavy atom. The van der Waals surface area contributed by atoms with Crippen molar-refractivity contribution in [3.05, 3.63) is 35.4 Å². The number of esters is 1. The predicted molar refractivity (Wildman–Crippen MR) is 74.1 cm³/mol. The van der Waals surface area contributed by atoms with E-state index >= 15 is 0 Å². The number of rotatable bonds is 4. The lowest BCUT2D eigenvalue weighted by Gasteiger charge is -2.18. The van der Waals surface area contributed by atoms with Gasteiger partial charge in [0.2, 0.25) is 0 Å². The van der Waals surface area contributed by atoms with E-state index in [1.165, 1.54) is 7.11 Å². The quantitative estimate of drug-likeness (QED) is 0.854. The molecule has 20 heavy (non-hydrogen) atoms. The van der Waals surface area contributed by atoms with Crippen molar-refractivity contribution >= 4 is 5.97 Å². The molecule has 1 N–H and O–H groups in total. The standard InChI is InChI=1S/C15H21NO4/c1-15(2)19-9-12(20-15)10-5-7-11(8-6-10)13(16-3)14(17)18-4/h5-8,12-13,16H,9H2,1-4H3/t12?,13-/m1/s1. The van der Waals surface area contributed by atoms with E-state index in [-0.39, 0.29) is 12.1 Å². The monoisotopic (exact) mass is 279 g/mol. The van der Waals surface area contributed by atoms with E-state index in [4.69, 9.17) is 14.2 Å². The first-order chi connectivity index (χ1) is 9.46. The van der Waals surface area contributed by atoms with Gasteiger partial charge in [0.05, 0.1) is 13.7 Å². The number of likely N-dealkylation sites (N-methyl/N-ethyl adjacent to an activating group) is 1. The summed E-state index contributed by atoms with van der Waals surface area (Å²) in [5.41, 5.74) is 1.90. The van der Waals surface area contributed by atoms with E-state index in [2.05, 4.69) is 5.32 Å². The van der Waals surface area contributed by atoms with Gasteiger partial charge in [-0.3, -0.25) is 0 Å². The Labute approximate surface area is 119 Å². The maximum absolute atomic E-state index is 11.6. The molecule has 2 rings (SSSR count). The molecule has 1 aromatic carbocycles. The Morgan fingerprint density at radius 2 is 2.05 bits per heavy atom. The van der Waals surface area contributed by atoms with Crippen LogP contribution in [0.3, 0.4) is 0 Å². The van der Waals surface area contributed by atoms with Crippen LogP contribution in [0.2, 0.25) is 0 Å². The summed E-state index contributed by atoms with van der Waals surface area (Å²) in [6.07, 6.45) is -0.0646. The number of carbonyl (C=O) groups is 1. The average molecular weight is 279 g/mol. The second-order valence-electron chi connectivity index (χ2n) is 5.23. The largest absolute Gasteiger partial charge is 0.468 e. The molecular weight excluding hydrogens is 258 g/mol. The fraction of sp³-hybridized carbons (Fsp3) is 0.533. The molecule has 1 fully saturated rings. The molecule has 0 spiro atoms. The Hall–Kier alpha value is -1.43. The Kier molecular flexibility index (Phi) is 4.42. The molecule has 1 heterocycles. The summed E-state index contributed by atoms with van der Waals surface area (Å²) in [7, 11) is 3.11. The van der Waals surface area contributed by atoms with Crippen LogP contribution in [-0.4, -0.2) is 32.5 Å². The van der Waals surface area contributed by atoms with Crippen molar-refractivity contribution in [3.8, 4) is 0 Å². The lowest BCUT2D eigenvalue weighted by Crippen LogP contribution is -2.26. The van der Waals surface area contributed by atoms with E-state index in [1.54, 1.807) is 7.05 Å². The van der Waals surface area contributed by atoms with Gasteiger partial charge in [-0.15, -0.1) is 0 Å². The number of ether oxygens (including phenoxy) is 3. The lowest BCUT2D eigenvalue weighted by molar-refractivity contribution is -0.143. The zero-order valence-corrected chi connectivity index (χ0v) is 12.3. The Balaban J connectivity index is 2.12. The van der Waals surface area contributed by atoms with Crippen LogP contribution in [0.15, 0.2) is 24.3 Å². The number of hydrogen-bond donors (Lipinski definition) is 1. The van der Waals surface area contributed by atoms with Gasteiger partial charge >= 0.3 is 5.97 Å². The van der Waals surface area contributed by atoms with Gasteiger partial charge in [0.15, 0.2) is 5.79 Å². The molecule has 1 aliphatic rings. The second kappa shape index (κ2) is 5.91. The van der Waals surface area contributed by atoms with Gasteiger partial charge in [0, 0.05) is 0 Å². The lowest BCUT2D eigenvalue weighted by atomic mass is 10.0. The van der Waals surface area contributed by atoms with Crippen LogP contribution in [0.1, 0.15) is 37.1 Å². The molecule has 1 aliphatic heterocycles. The molecule has 0 aromatic heterocycles. The molecule has 1 unspecified atom stereocenters. The van der Waals surface area contributed by atoms with E-state index in [9.17, 15) is 4.79 Å². The van der Waals surface area contributed by atoms with Gasteiger partial charge in [-0.2, -0.15) is 0 Å². The van der Waals surface area contributed by atoms with Gasteiger partial charge < -0.3 is 19.5 Å². The highest BCUT2D eigenvalue weighted by molar-refractivity contribution is 5.77. The van der Waals surface area contributed by atoms with Crippen molar-refractivity contribution in [1.82, 2.24) is 5.32 Å². The Bertz CT molecular complexity index is 469. The highest BCUT2D eigenvalue weighted by atomic mass is 16.7. The van der Waals surface area contributed by atoms with Crippen LogP contribution >= 0.6 is 0 Å². The van der Waals surface area contributed by atoms with E-state index in [0.717, 1.165) is 11.1 Å². The minimum Gasteiger partial charge on any atom is -0.468 e. The first kappa shape index (κ1) is 15.0. The summed E-state index contributed by atoms with van der Waals surface area (Å²) >= 11 is 0. The summed E-state index contributed by atoms with van der Waals surface area (Å²) < 4.78 is 16.1. The summed E-state index contributed by atoms with van der Waals surface area (Å²) in [5, 5.41) is 2.94. The molecule has 0 saturated carbocycles. The van der Waals surface area contributed by atoms with Crippen molar-refractivity contribution in [3.63, 3.8) is 0 Å². The first-order valence-corrected chi connectivity index (χ1v) is 6.63. The number of carbonyl (C=O) groups excluding carboxylic acids is 1. The summed E-state index contributed by atoms with van der Waals surface area (Å²) in [5.74, 6) is -0.843. The van der Waals surface area contributed by atoms with E-state index in [1.807, 2.05) is 38.1 Å². The summed E-state index contributed by atoms with van der Waals surface area (Å²) in [6, 6.07) is 7.27. The zero-order valence-electron chi connectivity index (χ0n) is 12.3. The molecular formula is C15H21NO4. The van der Waals surface area contributed by atoms with Gasteiger partial charge in [-0.1, -0.05) is 24.3 Å². The number of hydrogen-bond acceptors (Lipinski definition) is 5. The minimum atomic E-state index is -0.539. The van der Waals surface area contributed by atoms with Crippen molar-refractivity contribution in [1.29, 1.82) is 0 Å². The molecule has 0 radical (unpaired) electrons. The molecule has 0 aliphatic carbocycles. The molecule has 110 valence electrons. The van der Waals surface area contributed by atoms with Crippen molar-refractivity contribution < 1.29 is 19.0 Å². The van der Waals surface area contributed by atoms with Crippen LogP contribution in [0.5, 0.6) is 0 Å². The van der Waals surface area contributed by atoms with Crippen molar-refractivity contribution in [2.24, 2.45) is 0 Å². The van der Waals surface area contributed by atoms with Crippen LogP contribution in [0.4, 0.5) is 0 Å². The molecule has 5 nitrogen and oxygen atoms in total. The molecule has 0 bridgehead atoms. The number of benzene rings is 1. The van der Waals surface area contributed by atoms with Gasteiger partial charge in [0.25, 0.3) is 0 Å². The maximum Gasteiger partial charge on any atom is 0.327 e.